The van der Waals surface area contributed by atoms with E-state index < -0.39 is 17.5 Å². The van der Waals surface area contributed by atoms with E-state index in [1.807, 2.05) is 31.2 Å². The fourth-order valence-electron chi connectivity index (χ4n) is 3.83. The van der Waals surface area contributed by atoms with Crippen molar-refractivity contribution in [1.29, 1.82) is 0 Å². The molecule has 1 saturated heterocycles. The van der Waals surface area contributed by atoms with Gasteiger partial charge in [-0.15, -0.1) is 0 Å². The van der Waals surface area contributed by atoms with Crippen molar-refractivity contribution in [1.82, 2.24) is 10.2 Å². The number of halogens is 1. The lowest BCUT2D eigenvalue weighted by atomic mass is 9.92. The Balaban J connectivity index is 1.53. The fraction of sp³-hybridized carbons (Fsp3) is 0.250. The van der Waals surface area contributed by atoms with E-state index in [4.69, 9.17) is 11.6 Å². The first-order chi connectivity index (χ1) is 12.9. The standard InChI is InChI=1S/C20H18ClN3O3/c1-12-10-14(21)6-7-16(12)22-17(25)11-24-18(26)20(23-19(24)27)9-8-13-4-2-3-5-15(13)20/h2-7,10H,8-9,11H2,1H3,(H,22,25)(H,23,27). The molecular weight excluding hydrogens is 366 g/mol. The SMILES string of the molecule is Cc1cc(Cl)ccc1NC(=O)CN1C(=O)NC2(CCc3ccccc32)C1=O. The largest absolute Gasteiger partial charge is 0.325 e. The topological polar surface area (TPSA) is 78.5 Å². The smallest absolute Gasteiger partial charge is 0.324 e. The average Bonchev–Trinajstić information content (AvgIpc) is 3.11. The van der Waals surface area contributed by atoms with E-state index in [2.05, 4.69) is 10.6 Å². The van der Waals surface area contributed by atoms with E-state index >= 15 is 0 Å². The maximum atomic E-state index is 13.0. The van der Waals surface area contributed by atoms with Crippen LogP contribution in [0.1, 0.15) is 23.1 Å². The third kappa shape index (κ3) is 2.86. The fourth-order valence-corrected chi connectivity index (χ4v) is 4.06. The minimum Gasteiger partial charge on any atom is -0.324 e. The second-order valence-corrected chi connectivity index (χ2v) is 7.33. The summed E-state index contributed by atoms with van der Waals surface area (Å²) in [5.41, 5.74) is 2.21. The van der Waals surface area contributed by atoms with E-state index in [-0.39, 0.29) is 12.5 Å². The Bertz CT molecular complexity index is 975. The zero-order valence-electron chi connectivity index (χ0n) is 14.7. The van der Waals surface area contributed by atoms with Crippen molar-refractivity contribution in [2.75, 3.05) is 11.9 Å². The summed E-state index contributed by atoms with van der Waals surface area (Å²) in [6.07, 6.45) is 1.22. The minimum atomic E-state index is -1.05. The summed E-state index contributed by atoms with van der Waals surface area (Å²) in [6, 6.07) is 12.1. The first kappa shape index (κ1) is 17.5. The molecule has 1 atom stereocenters. The van der Waals surface area contributed by atoms with Crippen molar-refractivity contribution < 1.29 is 14.4 Å². The van der Waals surface area contributed by atoms with Crippen molar-refractivity contribution in [2.24, 2.45) is 0 Å². The molecule has 27 heavy (non-hydrogen) atoms. The molecule has 2 aliphatic rings. The molecule has 4 amide bonds. The number of imide groups is 1. The van der Waals surface area contributed by atoms with Crippen LogP contribution in [0.25, 0.3) is 0 Å². The Kier molecular flexibility index (Phi) is 4.15. The Labute approximate surface area is 161 Å². The van der Waals surface area contributed by atoms with Gasteiger partial charge in [0.2, 0.25) is 5.91 Å². The summed E-state index contributed by atoms with van der Waals surface area (Å²) < 4.78 is 0. The molecule has 4 rings (SSSR count). The maximum absolute atomic E-state index is 13.0. The van der Waals surface area contributed by atoms with Gasteiger partial charge in [-0.1, -0.05) is 35.9 Å². The van der Waals surface area contributed by atoms with Gasteiger partial charge in [0.05, 0.1) is 0 Å². The summed E-state index contributed by atoms with van der Waals surface area (Å²) in [7, 11) is 0. The summed E-state index contributed by atoms with van der Waals surface area (Å²) in [4.78, 5) is 38.9. The highest BCUT2D eigenvalue weighted by atomic mass is 35.5. The van der Waals surface area contributed by atoms with Gasteiger partial charge < -0.3 is 10.6 Å². The molecule has 2 aromatic carbocycles. The average molecular weight is 384 g/mol. The number of urea groups is 1. The maximum Gasteiger partial charge on any atom is 0.325 e. The predicted molar refractivity (Wildman–Crippen MR) is 102 cm³/mol. The van der Waals surface area contributed by atoms with Crippen LogP contribution < -0.4 is 10.6 Å². The van der Waals surface area contributed by atoms with Gasteiger partial charge in [0.15, 0.2) is 0 Å². The molecule has 2 N–H and O–H groups in total. The molecule has 1 fully saturated rings. The highest BCUT2D eigenvalue weighted by Crippen LogP contribution is 2.41. The number of amides is 4. The van der Waals surface area contributed by atoms with Gasteiger partial charge in [0, 0.05) is 10.7 Å². The van der Waals surface area contributed by atoms with Gasteiger partial charge in [-0.25, -0.2) is 4.79 Å². The molecule has 1 heterocycles. The van der Waals surface area contributed by atoms with E-state index in [1.54, 1.807) is 18.2 Å². The number of aryl methyl sites for hydroxylation is 2. The molecule has 0 saturated carbocycles. The molecular formula is C20H18ClN3O3. The van der Waals surface area contributed by atoms with Crippen LogP contribution in [0.15, 0.2) is 42.5 Å². The van der Waals surface area contributed by atoms with Crippen LogP contribution in [0, 0.1) is 6.92 Å². The Hall–Kier alpha value is -2.86. The van der Waals surface area contributed by atoms with Crippen LogP contribution in [0.3, 0.4) is 0 Å². The predicted octanol–water partition coefficient (Wildman–Crippen LogP) is 2.98. The number of rotatable bonds is 3. The molecule has 6 nitrogen and oxygen atoms in total. The monoisotopic (exact) mass is 383 g/mol. The second-order valence-electron chi connectivity index (χ2n) is 6.89. The summed E-state index contributed by atoms with van der Waals surface area (Å²) in [6.45, 7) is 1.48. The van der Waals surface area contributed by atoms with Crippen LogP contribution in [-0.2, 0) is 21.5 Å². The zero-order valence-corrected chi connectivity index (χ0v) is 15.5. The minimum absolute atomic E-state index is 0.337. The number of carbonyl (C=O) groups is 3. The van der Waals surface area contributed by atoms with Crippen molar-refractivity contribution in [3.8, 4) is 0 Å². The molecule has 0 bridgehead atoms. The number of carbonyl (C=O) groups excluding carboxylic acids is 3. The van der Waals surface area contributed by atoms with Crippen LogP contribution in [0.5, 0.6) is 0 Å². The Morgan fingerprint density at radius 3 is 2.81 bits per heavy atom. The van der Waals surface area contributed by atoms with Gasteiger partial charge >= 0.3 is 6.03 Å². The molecule has 1 spiro atoms. The zero-order chi connectivity index (χ0) is 19.2. The van der Waals surface area contributed by atoms with Crippen LogP contribution >= 0.6 is 11.6 Å². The lowest BCUT2D eigenvalue weighted by Gasteiger charge is -2.22. The summed E-state index contributed by atoms with van der Waals surface area (Å²) in [5.74, 6) is -0.812. The van der Waals surface area contributed by atoms with Gasteiger partial charge in [-0.2, -0.15) is 0 Å². The molecule has 1 aliphatic carbocycles. The Morgan fingerprint density at radius 1 is 1.26 bits per heavy atom. The first-order valence-corrected chi connectivity index (χ1v) is 9.07. The third-order valence-electron chi connectivity index (χ3n) is 5.19. The number of anilines is 1. The van der Waals surface area contributed by atoms with Gasteiger partial charge in [-0.05, 0) is 54.7 Å². The molecule has 1 unspecified atom stereocenters. The van der Waals surface area contributed by atoms with Crippen molar-refractivity contribution in [3.63, 3.8) is 0 Å². The molecule has 0 aromatic heterocycles. The lowest BCUT2D eigenvalue weighted by molar-refractivity contribution is -0.134. The van der Waals surface area contributed by atoms with Gasteiger partial charge in [0.25, 0.3) is 5.91 Å². The van der Waals surface area contributed by atoms with E-state index in [9.17, 15) is 14.4 Å². The number of nitrogens with zero attached hydrogens (tertiary/aromatic N) is 1. The van der Waals surface area contributed by atoms with Crippen LogP contribution in [0.2, 0.25) is 5.02 Å². The molecule has 7 heteroatoms. The van der Waals surface area contributed by atoms with Gasteiger partial charge in [0.1, 0.15) is 12.1 Å². The quantitative estimate of drug-likeness (QED) is 0.800. The van der Waals surface area contributed by atoms with Crippen molar-refractivity contribution in [2.45, 2.75) is 25.3 Å². The Morgan fingerprint density at radius 2 is 2.04 bits per heavy atom. The number of nitrogens with one attached hydrogen (secondary N) is 2. The summed E-state index contributed by atoms with van der Waals surface area (Å²) >= 11 is 5.92. The second kappa shape index (κ2) is 6.39. The lowest BCUT2D eigenvalue weighted by Crippen LogP contribution is -2.43. The van der Waals surface area contributed by atoms with Gasteiger partial charge in [-0.3, -0.25) is 14.5 Å². The molecule has 0 radical (unpaired) electrons. The van der Waals surface area contributed by atoms with Crippen LogP contribution in [-0.4, -0.2) is 29.3 Å². The molecule has 2 aromatic rings. The summed E-state index contributed by atoms with van der Waals surface area (Å²) in [5, 5.41) is 6.12. The number of hydrogen-bond donors (Lipinski definition) is 2. The third-order valence-corrected chi connectivity index (χ3v) is 5.42. The van der Waals surface area contributed by atoms with Crippen molar-refractivity contribution >= 4 is 35.1 Å². The number of fused-ring (bicyclic) bond motifs is 2. The first-order valence-electron chi connectivity index (χ1n) is 8.69. The number of hydrogen-bond acceptors (Lipinski definition) is 3. The van der Waals surface area contributed by atoms with E-state index in [1.165, 1.54) is 0 Å². The van der Waals surface area contributed by atoms with Crippen LogP contribution in [0.4, 0.5) is 10.5 Å². The van der Waals surface area contributed by atoms with E-state index in [0.717, 1.165) is 21.6 Å². The normalized spacial score (nSPS) is 20.7. The highest BCUT2D eigenvalue weighted by Gasteiger charge is 2.55. The molecule has 1 aliphatic heterocycles. The van der Waals surface area contributed by atoms with E-state index in [0.29, 0.717) is 23.6 Å². The molecule has 138 valence electrons. The highest BCUT2D eigenvalue weighted by molar-refractivity contribution is 6.30. The number of benzene rings is 2. The van der Waals surface area contributed by atoms with Crippen molar-refractivity contribution in [3.05, 3.63) is 64.2 Å².